The molecule has 0 saturated heterocycles. The number of hydrogen-bond acceptors (Lipinski definition) is 3. The van der Waals surface area contributed by atoms with Gasteiger partial charge in [0.25, 0.3) is 5.91 Å². The molecule has 6 heteroatoms. The van der Waals surface area contributed by atoms with Gasteiger partial charge in [-0.15, -0.1) is 0 Å². The van der Waals surface area contributed by atoms with Crippen LogP contribution in [0.4, 0.5) is 0 Å². The number of aryl methyl sites for hydroxylation is 2. The Morgan fingerprint density at radius 1 is 1.59 bits per heavy atom. The third kappa shape index (κ3) is 3.30. The molecule has 0 aromatic carbocycles. The van der Waals surface area contributed by atoms with Crippen molar-refractivity contribution in [3.63, 3.8) is 0 Å². The van der Waals surface area contributed by atoms with Crippen LogP contribution >= 0.6 is 0 Å². The first-order chi connectivity index (χ1) is 7.95. The third-order valence-electron chi connectivity index (χ3n) is 2.42. The van der Waals surface area contributed by atoms with Gasteiger partial charge >= 0.3 is 5.97 Å². The predicted molar refractivity (Wildman–Crippen MR) is 61.8 cm³/mol. The number of carbonyl (C=O) groups is 2. The van der Waals surface area contributed by atoms with Crippen molar-refractivity contribution in [1.29, 1.82) is 0 Å². The number of carboxylic acids is 1. The highest BCUT2D eigenvalue weighted by molar-refractivity contribution is 5.92. The molecule has 0 bridgehead atoms. The molecule has 1 heterocycles. The minimum absolute atomic E-state index is 0.113. The Morgan fingerprint density at radius 3 is 2.76 bits per heavy atom. The summed E-state index contributed by atoms with van der Waals surface area (Å²) in [5.74, 6) is -1.82. The van der Waals surface area contributed by atoms with Gasteiger partial charge in [0.1, 0.15) is 5.69 Å². The molecule has 1 aromatic rings. The van der Waals surface area contributed by atoms with E-state index in [1.807, 2.05) is 13.8 Å². The quantitative estimate of drug-likeness (QED) is 0.790. The number of carbonyl (C=O) groups excluding carboxylic acids is 1. The maximum atomic E-state index is 11.8. The number of nitrogens with zero attached hydrogens (tertiary/aromatic N) is 2. The van der Waals surface area contributed by atoms with E-state index >= 15 is 0 Å². The fourth-order valence-corrected chi connectivity index (χ4v) is 1.39. The van der Waals surface area contributed by atoms with Gasteiger partial charge in [-0.1, -0.05) is 6.92 Å². The standard InChI is InChI=1S/C11H17N3O3/c1-4-14-9(5-8(3)13-14)10(15)12-6-7(2)11(16)17/h5,7H,4,6H2,1-3H3,(H,12,15)(H,16,17). The Kier molecular flexibility index (Phi) is 4.25. The Labute approximate surface area is 99.6 Å². The molecule has 0 aliphatic heterocycles. The van der Waals surface area contributed by atoms with Gasteiger partial charge in [-0.25, -0.2) is 0 Å². The molecule has 2 N–H and O–H groups in total. The number of hydrogen-bond donors (Lipinski definition) is 2. The molecular formula is C11H17N3O3. The first-order valence-electron chi connectivity index (χ1n) is 5.51. The first-order valence-corrected chi connectivity index (χ1v) is 5.51. The van der Waals surface area contributed by atoms with E-state index in [-0.39, 0.29) is 12.5 Å². The zero-order valence-electron chi connectivity index (χ0n) is 10.2. The lowest BCUT2D eigenvalue weighted by molar-refractivity contribution is -0.140. The molecule has 0 spiro atoms. The van der Waals surface area contributed by atoms with Crippen LogP contribution in [0.3, 0.4) is 0 Å². The van der Waals surface area contributed by atoms with Crippen molar-refractivity contribution in [2.24, 2.45) is 5.92 Å². The molecular weight excluding hydrogens is 222 g/mol. The van der Waals surface area contributed by atoms with Crippen molar-refractivity contribution in [3.05, 3.63) is 17.5 Å². The highest BCUT2D eigenvalue weighted by atomic mass is 16.4. The summed E-state index contributed by atoms with van der Waals surface area (Å²) in [4.78, 5) is 22.4. The van der Waals surface area contributed by atoms with Crippen LogP contribution in [0.1, 0.15) is 30.0 Å². The summed E-state index contributed by atoms with van der Waals surface area (Å²) in [6.07, 6.45) is 0. The van der Waals surface area contributed by atoms with Crippen molar-refractivity contribution >= 4 is 11.9 Å². The molecule has 1 unspecified atom stereocenters. The Balaban J connectivity index is 2.66. The highest BCUT2D eigenvalue weighted by Gasteiger charge is 2.16. The molecule has 0 radical (unpaired) electrons. The summed E-state index contributed by atoms with van der Waals surface area (Å²) in [6.45, 7) is 5.96. The van der Waals surface area contributed by atoms with E-state index in [0.29, 0.717) is 12.2 Å². The monoisotopic (exact) mass is 239 g/mol. The average Bonchev–Trinajstić information content (AvgIpc) is 2.66. The zero-order valence-corrected chi connectivity index (χ0v) is 10.2. The van der Waals surface area contributed by atoms with Crippen molar-refractivity contribution in [2.75, 3.05) is 6.54 Å². The van der Waals surface area contributed by atoms with Gasteiger partial charge in [-0.2, -0.15) is 5.10 Å². The van der Waals surface area contributed by atoms with Crippen LogP contribution in [0.15, 0.2) is 6.07 Å². The third-order valence-corrected chi connectivity index (χ3v) is 2.42. The molecule has 1 rings (SSSR count). The molecule has 0 aliphatic rings. The maximum Gasteiger partial charge on any atom is 0.308 e. The van der Waals surface area contributed by atoms with E-state index in [1.54, 1.807) is 17.7 Å². The van der Waals surface area contributed by atoms with E-state index in [4.69, 9.17) is 5.11 Å². The van der Waals surface area contributed by atoms with E-state index < -0.39 is 11.9 Å². The van der Waals surface area contributed by atoms with Gasteiger partial charge in [0.05, 0.1) is 11.6 Å². The van der Waals surface area contributed by atoms with Gasteiger partial charge in [0.2, 0.25) is 0 Å². The topological polar surface area (TPSA) is 84.2 Å². The second-order valence-electron chi connectivity index (χ2n) is 3.94. The van der Waals surface area contributed by atoms with E-state index in [0.717, 1.165) is 5.69 Å². The van der Waals surface area contributed by atoms with Crippen LogP contribution < -0.4 is 5.32 Å². The molecule has 6 nitrogen and oxygen atoms in total. The normalized spacial score (nSPS) is 12.2. The number of carboxylic acid groups (broad SMARTS) is 1. The molecule has 94 valence electrons. The molecule has 1 aromatic heterocycles. The lowest BCUT2D eigenvalue weighted by atomic mass is 10.2. The first kappa shape index (κ1) is 13.2. The molecule has 0 fully saturated rings. The van der Waals surface area contributed by atoms with E-state index in [9.17, 15) is 9.59 Å². The summed E-state index contributed by atoms with van der Waals surface area (Å²) in [5, 5.41) is 15.4. The van der Waals surface area contributed by atoms with Crippen molar-refractivity contribution in [3.8, 4) is 0 Å². The molecule has 17 heavy (non-hydrogen) atoms. The summed E-state index contributed by atoms with van der Waals surface area (Å²) in [6, 6.07) is 1.68. The summed E-state index contributed by atoms with van der Waals surface area (Å²) in [7, 11) is 0. The van der Waals surface area contributed by atoms with Crippen molar-refractivity contribution in [1.82, 2.24) is 15.1 Å². The summed E-state index contributed by atoms with van der Waals surface area (Å²) < 4.78 is 1.59. The maximum absolute atomic E-state index is 11.8. The predicted octanol–water partition coefficient (Wildman–Crippen LogP) is 0.662. The minimum atomic E-state index is -0.925. The van der Waals surface area contributed by atoms with Crippen molar-refractivity contribution in [2.45, 2.75) is 27.3 Å². The second kappa shape index (κ2) is 5.47. The van der Waals surface area contributed by atoms with Crippen molar-refractivity contribution < 1.29 is 14.7 Å². The smallest absolute Gasteiger partial charge is 0.308 e. The average molecular weight is 239 g/mol. The molecule has 1 amide bonds. The van der Waals surface area contributed by atoms with Gasteiger partial charge in [0, 0.05) is 13.1 Å². The van der Waals surface area contributed by atoms with Crippen LogP contribution in [-0.2, 0) is 11.3 Å². The number of aromatic nitrogens is 2. The lowest BCUT2D eigenvalue weighted by Gasteiger charge is -2.09. The molecule has 0 saturated carbocycles. The number of nitrogens with one attached hydrogen (secondary N) is 1. The van der Waals surface area contributed by atoms with E-state index in [2.05, 4.69) is 10.4 Å². The molecule has 0 aliphatic carbocycles. The van der Waals surface area contributed by atoms with Gasteiger partial charge in [0.15, 0.2) is 0 Å². The summed E-state index contributed by atoms with van der Waals surface area (Å²) >= 11 is 0. The fraction of sp³-hybridized carbons (Fsp3) is 0.545. The number of amides is 1. The van der Waals surface area contributed by atoms with Crippen LogP contribution in [0.2, 0.25) is 0 Å². The Morgan fingerprint density at radius 2 is 2.24 bits per heavy atom. The van der Waals surface area contributed by atoms with E-state index in [1.165, 1.54) is 0 Å². The van der Waals surface area contributed by atoms with Crippen LogP contribution in [0.25, 0.3) is 0 Å². The highest BCUT2D eigenvalue weighted by Crippen LogP contribution is 2.04. The Hall–Kier alpha value is -1.85. The minimum Gasteiger partial charge on any atom is -0.481 e. The lowest BCUT2D eigenvalue weighted by Crippen LogP contribution is -2.32. The van der Waals surface area contributed by atoms with Gasteiger partial charge < -0.3 is 10.4 Å². The SMILES string of the molecule is CCn1nc(C)cc1C(=O)NCC(C)C(=O)O. The largest absolute Gasteiger partial charge is 0.481 e. The fourth-order valence-electron chi connectivity index (χ4n) is 1.39. The Bertz CT molecular complexity index is 426. The van der Waals surface area contributed by atoms with Gasteiger partial charge in [-0.3, -0.25) is 14.3 Å². The van der Waals surface area contributed by atoms with Gasteiger partial charge in [-0.05, 0) is 19.9 Å². The van der Waals surface area contributed by atoms with Crippen LogP contribution in [0, 0.1) is 12.8 Å². The van der Waals surface area contributed by atoms with Crippen LogP contribution in [0.5, 0.6) is 0 Å². The van der Waals surface area contributed by atoms with Crippen LogP contribution in [-0.4, -0.2) is 33.3 Å². The molecule has 1 atom stereocenters. The second-order valence-corrected chi connectivity index (χ2v) is 3.94. The zero-order chi connectivity index (χ0) is 13.0. The number of aliphatic carboxylic acids is 1. The summed E-state index contributed by atoms with van der Waals surface area (Å²) in [5.41, 5.74) is 1.23. The number of rotatable bonds is 5.